The first-order valence-corrected chi connectivity index (χ1v) is 14.7. The Balaban J connectivity index is 1.20. The Morgan fingerprint density at radius 2 is 1.82 bits per heavy atom. The van der Waals surface area contributed by atoms with E-state index in [9.17, 15) is 15.3 Å². The Bertz CT molecular complexity index is 1070. The molecule has 0 amide bonds. The van der Waals surface area contributed by atoms with E-state index < -0.39 is 30.1 Å². The molecule has 0 aromatic carbocycles. The molecule has 6 aliphatic rings. The summed E-state index contributed by atoms with van der Waals surface area (Å²) in [6.45, 7) is 10.5. The van der Waals surface area contributed by atoms with E-state index in [1.807, 2.05) is 19.3 Å². The molecule has 1 saturated heterocycles. The Kier molecular flexibility index (Phi) is 6.53. The lowest BCUT2D eigenvalue weighted by atomic mass is 9.45. The van der Waals surface area contributed by atoms with Gasteiger partial charge in [0.05, 0.1) is 24.0 Å². The van der Waals surface area contributed by atoms with E-state index in [1.165, 1.54) is 11.1 Å². The van der Waals surface area contributed by atoms with Gasteiger partial charge in [-0.05, 0) is 93.1 Å². The fourth-order valence-electron chi connectivity index (χ4n) is 9.41. The van der Waals surface area contributed by atoms with Crippen molar-refractivity contribution in [3.05, 3.63) is 48.0 Å². The molecule has 6 N–H and O–H groups in total. The SMILES string of the molecule is C=C1C=CC([C@H]2CC[C@]3(O)[C@@H]4CCC5=C[C@@H](N[C@@H]6O[C@@H](C)[C@H](N)[C@@H](O)[C@H]6O)CC[C@]5(C)[C@H]4CC[C@]23C)=CO1. The number of hydrogen-bond donors (Lipinski definition) is 5. The van der Waals surface area contributed by atoms with Crippen molar-refractivity contribution in [3.63, 3.8) is 0 Å². The van der Waals surface area contributed by atoms with Gasteiger partial charge in [0.25, 0.3) is 0 Å². The molecule has 0 bridgehead atoms. The van der Waals surface area contributed by atoms with Gasteiger partial charge in [-0.15, -0.1) is 0 Å². The molecule has 0 aromatic heterocycles. The van der Waals surface area contributed by atoms with Gasteiger partial charge in [-0.25, -0.2) is 0 Å². The number of nitrogens with one attached hydrogen (secondary N) is 1. The van der Waals surface area contributed by atoms with Gasteiger partial charge in [0.1, 0.15) is 24.2 Å². The molecular weight excluding hydrogens is 480 g/mol. The second kappa shape index (κ2) is 9.28. The van der Waals surface area contributed by atoms with Gasteiger partial charge in [0.2, 0.25) is 0 Å². The van der Waals surface area contributed by atoms with Gasteiger partial charge in [-0.1, -0.05) is 38.2 Å². The average Bonchev–Trinajstić information content (AvgIpc) is 3.18. The largest absolute Gasteiger partial charge is 0.465 e. The first kappa shape index (κ1) is 26.7. The lowest BCUT2D eigenvalue weighted by Gasteiger charge is -2.62. The van der Waals surface area contributed by atoms with Crippen LogP contribution in [0.2, 0.25) is 0 Å². The summed E-state index contributed by atoms with van der Waals surface area (Å²) in [4.78, 5) is 0. The van der Waals surface area contributed by atoms with E-state index in [-0.39, 0.29) is 23.0 Å². The van der Waals surface area contributed by atoms with Crippen molar-refractivity contribution in [2.75, 3.05) is 0 Å². The number of allylic oxidation sites excluding steroid dienone is 4. The van der Waals surface area contributed by atoms with Gasteiger partial charge in [-0.3, -0.25) is 5.32 Å². The summed E-state index contributed by atoms with van der Waals surface area (Å²) in [6.07, 6.45) is 13.2. The van der Waals surface area contributed by atoms with E-state index in [4.69, 9.17) is 15.2 Å². The molecule has 7 heteroatoms. The van der Waals surface area contributed by atoms with Crippen LogP contribution in [0, 0.1) is 28.6 Å². The van der Waals surface area contributed by atoms with Crippen LogP contribution in [0.4, 0.5) is 0 Å². The molecule has 3 saturated carbocycles. The first-order valence-electron chi connectivity index (χ1n) is 14.7. The molecule has 4 fully saturated rings. The molecule has 2 heterocycles. The number of aliphatic hydroxyl groups is 3. The highest BCUT2D eigenvalue weighted by atomic mass is 16.5. The minimum atomic E-state index is -1.05. The molecule has 0 radical (unpaired) electrons. The standard InChI is InChI=1S/C31H46N2O5/c1-17-5-6-19(16-37-17)22-11-14-31(36)24-8-7-20-15-21(33-28-27(35)26(34)25(32)18(2)38-28)9-12-29(20,3)23(24)10-13-30(22,31)4/h5-6,15-16,18,21-28,33-36H,1,7-14,32H2,2-4H3/t18-,21-,22+,23-,24+,25-,26+,27+,28+,29-,30+,31-/m0/s1. The minimum Gasteiger partial charge on any atom is -0.465 e. The molecule has 4 aliphatic carbocycles. The van der Waals surface area contributed by atoms with Crippen molar-refractivity contribution >= 4 is 0 Å². The number of fused-ring (bicyclic) bond motifs is 5. The maximum absolute atomic E-state index is 12.5. The van der Waals surface area contributed by atoms with Crippen molar-refractivity contribution in [2.24, 2.45) is 34.3 Å². The molecule has 38 heavy (non-hydrogen) atoms. The number of aliphatic hydroxyl groups excluding tert-OH is 2. The third-order valence-electron chi connectivity index (χ3n) is 11.8. The molecule has 0 aromatic rings. The Morgan fingerprint density at radius 3 is 2.55 bits per heavy atom. The molecular formula is C31H46N2O5. The Labute approximate surface area is 226 Å². The van der Waals surface area contributed by atoms with Crippen LogP contribution in [0.25, 0.3) is 0 Å². The van der Waals surface area contributed by atoms with Crippen LogP contribution >= 0.6 is 0 Å². The molecule has 6 rings (SSSR count). The van der Waals surface area contributed by atoms with Crippen LogP contribution in [0.3, 0.4) is 0 Å². The molecule has 0 unspecified atom stereocenters. The maximum atomic E-state index is 12.5. The Morgan fingerprint density at radius 1 is 1.03 bits per heavy atom. The topological polar surface area (TPSA) is 117 Å². The second-order valence-electron chi connectivity index (χ2n) is 13.5. The second-order valence-corrected chi connectivity index (χ2v) is 13.5. The average molecular weight is 527 g/mol. The molecule has 2 aliphatic heterocycles. The fraction of sp³-hybridized carbons (Fsp3) is 0.742. The molecule has 12 atom stereocenters. The predicted octanol–water partition coefficient (Wildman–Crippen LogP) is 3.42. The third kappa shape index (κ3) is 3.84. The first-order chi connectivity index (χ1) is 18.0. The number of rotatable bonds is 3. The summed E-state index contributed by atoms with van der Waals surface area (Å²) in [5.74, 6) is 1.72. The lowest BCUT2D eigenvalue weighted by Crippen LogP contribution is -2.65. The highest BCUT2D eigenvalue weighted by Gasteiger charge is 2.66. The van der Waals surface area contributed by atoms with Crippen LogP contribution in [-0.4, -0.2) is 57.5 Å². The van der Waals surface area contributed by atoms with Crippen molar-refractivity contribution in [3.8, 4) is 0 Å². The van der Waals surface area contributed by atoms with Gasteiger partial charge in [0.15, 0.2) is 0 Å². The monoisotopic (exact) mass is 526 g/mol. The van der Waals surface area contributed by atoms with Crippen molar-refractivity contribution in [1.82, 2.24) is 5.32 Å². The van der Waals surface area contributed by atoms with E-state index in [1.54, 1.807) is 0 Å². The molecule has 210 valence electrons. The smallest absolute Gasteiger partial charge is 0.137 e. The van der Waals surface area contributed by atoms with Gasteiger partial charge in [0, 0.05) is 11.5 Å². The zero-order valence-corrected chi connectivity index (χ0v) is 23.1. The number of nitrogens with two attached hydrogens (primary N) is 1. The quantitative estimate of drug-likeness (QED) is 0.358. The summed E-state index contributed by atoms with van der Waals surface area (Å²) in [6, 6.07) is -0.516. The minimum absolute atomic E-state index is 0.0717. The predicted molar refractivity (Wildman–Crippen MR) is 145 cm³/mol. The van der Waals surface area contributed by atoms with Crippen LogP contribution in [0.1, 0.15) is 72.1 Å². The van der Waals surface area contributed by atoms with Crippen molar-refractivity contribution < 1.29 is 24.8 Å². The van der Waals surface area contributed by atoms with Gasteiger partial charge >= 0.3 is 0 Å². The highest BCUT2D eigenvalue weighted by Crippen LogP contribution is 2.69. The molecule has 0 spiro atoms. The molecule has 7 nitrogen and oxygen atoms in total. The summed E-state index contributed by atoms with van der Waals surface area (Å²) in [5.41, 5.74) is 7.89. The third-order valence-corrected chi connectivity index (χ3v) is 11.8. The van der Waals surface area contributed by atoms with E-state index >= 15 is 0 Å². The summed E-state index contributed by atoms with van der Waals surface area (Å²) < 4.78 is 11.6. The van der Waals surface area contributed by atoms with Crippen molar-refractivity contribution in [2.45, 2.75) is 114 Å². The van der Waals surface area contributed by atoms with Crippen LogP contribution in [-0.2, 0) is 9.47 Å². The van der Waals surface area contributed by atoms with Gasteiger partial charge in [-0.2, -0.15) is 0 Å². The summed E-state index contributed by atoms with van der Waals surface area (Å²) in [5, 5.41) is 36.9. The number of ether oxygens (including phenoxy) is 2. The van der Waals surface area contributed by atoms with Crippen LogP contribution in [0.5, 0.6) is 0 Å². The summed E-state index contributed by atoms with van der Waals surface area (Å²) in [7, 11) is 0. The van der Waals surface area contributed by atoms with Crippen molar-refractivity contribution in [1.29, 1.82) is 0 Å². The highest BCUT2D eigenvalue weighted by molar-refractivity contribution is 5.35. The van der Waals surface area contributed by atoms with Gasteiger partial charge < -0.3 is 30.5 Å². The zero-order chi connectivity index (χ0) is 27.0. The zero-order valence-electron chi connectivity index (χ0n) is 23.1. The fourth-order valence-corrected chi connectivity index (χ4v) is 9.41. The summed E-state index contributed by atoms with van der Waals surface area (Å²) >= 11 is 0. The lowest BCUT2D eigenvalue weighted by molar-refractivity contribution is -0.187. The maximum Gasteiger partial charge on any atom is 0.137 e. The number of hydrogen-bond acceptors (Lipinski definition) is 7. The van der Waals surface area contributed by atoms with E-state index in [0.29, 0.717) is 23.5 Å². The normalized spacial score (nSPS) is 52.3. The van der Waals surface area contributed by atoms with Crippen LogP contribution in [0.15, 0.2) is 48.0 Å². The Hall–Kier alpha value is -1.48. The van der Waals surface area contributed by atoms with Crippen LogP contribution < -0.4 is 11.1 Å². The van der Waals surface area contributed by atoms with E-state index in [0.717, 1.165) is 51.4 Å². The van der Waals surface area contributed by atoms with E-state index in [2.05, 4.69) is 37.9 Å².